The van der Waals surface area contributed by atoms with E-state index in [1.807, 2.05) is 12.1 Å². The highest BCUT2D eigenvalue weighted by Crippen LogP contribution is 2.37. The van der Waals surface area contributed by atoms with Crippen LogP contribution in [0.5, 0.6) is 0 Å². The lowest BCUT2D eigenvalue weighted by atomic mass is 9.80. The molecule has 0 aliphatic carbocycles. The van der Waals surface area contributed by atoms with Crippen LogP contribution in [0.3, 0.4) is 0 Å². The van der Waals surface area contributed by atoms with Crippen molar-refractivity contribution in [3.8, 4) is 0 Å². The van der Waals surface area contributed by atoms with Crippen LogP contribution >= 0.6 is 0 Å². The summed E-state index contributed by atoms with van der Waals surface area (Å²) in [5.41, 5.74) is 1.55. The Kier molecular flexibility index (Phi) is 3.50. The van der Waals surface area contributed by atoms with E-state index in [4.69, 9.17) is 18.8 Å². The minimum Gasteiger partial charge on any atom is -0.455 e. The first-order valence-corrected chi connectivity index (χ1v) is 7.28. The van der Waals surface area contributed by atoms with Crippen molar-refractivity contribution >= 4 is 7.12 Å². The molecule has 2 heterocycles. The van der Waals surface area contributed by atoms with Crippen LogP contribution in [0, 0.1) is 0 Å². The van der Waals surface area contributed by atoms with Gasteiger partial charge >= 0.3 is 7.12 Å². The second-order valence-corrected chi connectivity index (χ2v) is 6.51. The van der Waals surface area contributed by atoms with E-state index in [0.717, 1.165) is 11.1 Å². The van der Waals surface area contributed by atoms with E-state index in [-0.39, 0.29) is 24.6 Å². The minimum absolute atomic E-state index is 0.228. The molecule has 0 saturated carbocycles. The van der Waals surface area contributed by atoms with E-state index in [2.05, 4.69) is 39.8 Å². The van der Waals surface area contributed by atoms with Gasteiger partial charge in [-0.25, -0.2) is 0 Å². The molecule has 2 aliphatic heterocycles. The monoisotopic (exact) mass is 288 g/mol. The van der Waals surface area contributed by atoms with Gasteiger partial charge in [0.1, 0.15) is 12.5 Å². The predicted octanol–water partition coefficient (Wildman–Crippen LogP) is 3.38. The van der Waals surface area contributed by atoms with Crippen LogP contribution in [-0.4, -0.2) is 18.3 Å². The summed E-state index contributed by atoms with van der Waals surface area (Å²) in [5, 5.41) is 0. The highest BCUT2D eigenvalue weighted by molar-refractivity contribution is 6.45. The highest BCUT2D eigenvalue weighted by atomic mass is 16.7. The molecule has 0 unspecified atom stereocenters. The summed E-state index contributed by atoms with van der Waals surface area (Å²) in [4.78, 5) is 0. The van der Waals surface area contributed by atoms with Crippen LogP contribution in [0.1, 0.15) is 45.1 Å². The predicted molar refractivity (Wildman–Crippen MR) is 80.3 cm³/mol. The molecule has 0 bridgehead atoms. The molecule has 5 heteroatoms. The number of hydrogen-bond acceptors (Lipinski definition) is 4. The van der Waals surface area contributed by atoms with E-state index in [0.29, 0.717) is 6.32 Å². The maximum atomic E-state index is 6.04. The molecule has 0 amide bonds. The Hall–Kier alpha value is -1.46. The number of ether oxygens (including phenoxy) is 2. The second-order valence-electron chi connectivity index (χ2n) is 6.51. The molecular formula is C16H21BO4. The number of hydrogen-bond donors (Lipinski definition) is 0. The van der Waals surface area contributed by atoms with E-state index in [9.17, 15) is 0 Å². The van der Waals surface area contributed by atoms with Gasteiger partial charge in [0.2, 0.25) is 0 Å². The molecule has 1 saturated heterocycles. The fraction of sp³-hybridized carbons (Fsp3) is 0.500. The van der Waals surface area contributed by atoms with Crippen LogP contribution in [0.2, 0.25) is 0 Å². The molecule has 1 fully saturated rings. The molecule has 1 aromatic carbocycles. The highest BCUT2D eigenvalue weighted by Gasteiger charge is 2.50. The lowest BCUT2D eigenvalue weighted by Crippen LogP contribution is -2.41. The van der Waals surface area contributed by atoms with Crippen molar-refractivity contribution in [2.75, 3.05) is 0 Å². The molecule has 0 aromatic heterocycles. The first-order valence-electron chi connectivity index (χ1n) is 7.28. The van der Waals surface area contributed by atoms with Crippen molar-refractivity contribution in [3.63, 3.8) is 0 Å². The van der Waals surface area contributed by atoms with Crippen molar-refractivity contribution in [1.82, 2.24) is 0 Å². The Morgan fingerprint density at radius 2 is 1.62 bits per heavy atom. The maximum Gasteiger partial charge on any atom is 0.462 e. The smallest absolute Gasteiger partial charge is 0.455 e. The van der Waals surface area contributed by atoms with Gasteiger partial charge in [-0.3, -0.25) is 0 Å². The van der Waals surface area contributed by atoms with Crippen molar-refractivity contribution in [2.24, 2.45) is 0 Å². The summed E-state index contributed by atoms with van der Waals surface area (Å²) in [6.07, 6.45) is 3.49. The summed E-state index contributed by atoms with van der Waals surface area (Å²) >= 11 is 0. The van der Waals surface area contributed by atoms with E-state index in [1.54, 1.807) is 12.5 Å². The van der Waals surface area contributed by atoms with Gasteiger partial charge < -0.3 is 18.8 Å². The molecule has 3 rings (SSSR count). The van der Waals surface area contributed by atoms with Crippen molar-refractivity contribution < 1.29 is 18.8 Å². The fourth-order valence-corrected chi connectivity index (χ4v) is 2.50. The van der Waals surface area contributed by atoms with Crippen molar-refractivity contribution in [1.29, 1.82) is 0 Å². The minimum atomic E-state index is -0.344. The number of benzene rings is 1. The topological polar surface area (TPSA) is 36.9 Å². The second kappa shape index (κ2) is 5.07. The molecule has 21 heavy (non-hydrogen) atoms. The maximum absolute atomic E-state index is 6.04. The third-order valence-electron chi connectivity index (χ3n) is 4.39. The number of rotatable bonds is 3. The third kappa shape index (κ3) is 2.80. The molecule has 112 valence electrons. The molecule has 0 atom stereocenters. The van der Waals surface area contributed by atoms with Crippen molar-refractivity contribution in [3.05, 3.63) is 47.9 Å². The van der Waals surface area contributed by atoms with Crippen LogP contribution in [0.25, 0.3) is 0 Å². The first kappa shape index (κ1) is 14.5. The molecule has 0 N–H and O–H groups in total. The zero-order valence-electron chi connectivity index (χ0n) is 13.0. The molecule has 1 aromatic rings. The summed E-state index contributed by atoms with van der Waals surface area (Å²) in [6.45, 7) is 8.26. The van der Waals surface area contributed by atoms with Crippen LogP contribution < -0.4 is 0 Å². The summed E-state index contributed by atoms with van der Waals surface area (Å²) in [5.74, 6) is 0. The van der Waals surface area contributed by atoms with Gasteiger partial charge in [0, 0.05) is 11.9 Å². The molecular weight excluding hydrogens is 267 g/mol. The van der Waals surface area contributed by atoms with E-state index in [1.165, 1.54) is 0 Å². The van der Waals surface area contributed by atoms with Gasteiger partial charge in [-0.15, -0.1) is 0 Å². The lowest BCUT2D eigenvalue weighted by molar-refractivity contribution is -0.0246. The lowest BCUT2D eigenvalue weighted by Gasteiger charge is -2.32. The molecule has 0 spiro atoms. The SMILES string of the molecule is CC1(C)OB(Cc2cccc(C3OC=CO3)c2)OC1(C)C. The first-order chi connectivity index (χ1) is 9.87. The average Bonchev–Trinajstić information content (AvgIpc) is 2.97. The van der Waals surface area contributed by atoms with Gasteiger partial charge in [0.05, 0.1) is 11.2 Å². The zero-order chi connectivity index (χ0) is 15.1. The largest absolute Gasteiger partial charge is 0.462 e. The van der Waals surface area contributed by atoms with E-state index < -0.39 is 0 Å². The van der Waals surface area contributed by atoms with Crippen LogP contribution in [0.15, 0.2) is 36.8 Å². The Balaban J connectivity index is 1.70. The van der Waals surface area contributed by atoms with E-state index >= 15 is 0 Å². The third-order valence-corrected chi connectivity index (χ3v) is 4.39. The van der Waals surface area contributed by atoms with Crippen LogP contribution in [0.4, 0.5) is 0 Å². The Morgan fingerprint density at radius 1 is 1.00 bits per heavy atom. The van der Waals surface area contributed by atoms with Gasteiger partial charge in [-0.1, -0.05) is 18.2 Å². The molecule has 4 nitrogen and oxygen atoms in total. The van der Waals surface area contributed by atoms with Gasteiger partial charge in [0.15, 0.2) is 0 Å². The summed E-state index contributed by atoms with van der Waals surface area (Å²) in [6, 6.07) is 8.13. The van der Waals surface area contributed by atoms with Gasteiger partial charge in [-0.05, 0) is 39.3 Å². The Bertz CT molecular complexity index is 529. The Morgan fingerprint density at radius 3 is 2.24 bits per heavy atom. The molecule has 0 radical (unpaired) electrons. The van der Waals surface area contributed by atoms with Gasteiger partial charge in [-0.2, -0.15) is 0 Å². The zero-order valence-corrected chi connectivity index (χ0v) is 13.0. The van der Waals surface area contributed by atoms with Crippen molar-refractivity contribution in [2.45, 2.75) is 51.5 Å². The quantitative estimate of drug-likeness (QED) is 0.799. The van der Waals surface area contributed by atoms with Gasteiger partial charge in [0.25, 0.3) is 6.29 Å². The van der Waals surface area contributed by atoms with Crippen LogP contribution in [-0.2, 0) is 25.1 Å². The molecule has 2 aliphatic rings. The normalized spacial score (nSPS) is 23.1. The Labute approximate surface area is 126 Å². The average molecular weight is 288 g/mol. The fourth-order valence-electron chi connectivity index (χ4n) is 2.50. The summed E-state index contributed by atoms with van der Waals surface area (Å²) < 4.78 is 22.8. The standard InChI is InChI=1S/C16H21BO4/c1-15(2)16(3,4)21-17(20-15)11-12-6-5-7-13(10-12)14-18-8-9-19-14/h5-10,14H,11H2,1-4H3. The summed E-state index contributed by atoms with van der Waals surface area (Å²) in [7, 11) is -0.228.